The number of carbonyl (C=O) groups excluding carboxylic acids is 2. The molecular formula is C25H25N3O3. The Hall–Kier alpha value is -3.93. The van der Waals surface area contributed by atoms with Crippen LogP contribution < -0.4 is 15.5 Å². The van der Waals surface area contributed by atoms with E-state index in [0.717, 1.165) is 16.7 Å². The molecule has 0 saturated carbocycles. The van der Waals surface area contributed by atoms with Crippen LogP contribution in [0.5, 0.6) is 5.75 Å². The molecule has 2 amide bonds. The van der Waals surface area contributed by atoms with Crippen LogP contribution in [0.25, 0.3) is 11.1 Å². The second kappa shape index (κ2) is 10.2. The third-order valence-electron chi connectivity index (χ3n) is 4.65. The Morgan fingerprint density at radius 2 is 1.61 bits per heavy atom. The Labute approximate surface area is 182 Å². The molecule has 3 aromatic rings. The minimum absolute atomic E-state index is 0.0460. The van der Waals surface area contributed by atoms with Crippen LogP contribution in [0.3, 0.4) is 0 Å². The Bertz CT molecular complexity index is 1090. The summed E-state index contributed by atoms with van der Waals surface area (Å²) in [6.45, 7) is 3.62. The number of nitrogens with one attached hydrogen (secondary N) is 2. The molecule has 0 unspecified atom stereocenters. The van der Waals surface area contributed by atoms with Crippen LogP contribution in [-0.4, -0.2) is 24.6 Å². The summed E-state index contributed by atoms with van der Waals surface area (Å²) in [7, 11) is 1.55. The van der Waals surface area contributed by atoms with Gasteiger partial charge >= 0.3 is 0 Å². The van der Waals surface area contributed by atoms with E-state index in [4.69, 9.17) is 4.74 Å². The molecule has 0 aromatic heterocycles. The molecule has 0 aliphatic carbocycles. The number of aryl methyl sites for hydroxylation is 1. The summed E-state index contributed by atoms with van der Waals surface area (Å²) >= 11 is 0. The van der Waals surface area contributed by atoms with Gasteiger partial charge in [-0.3, -0.25) is 9.59 Å². The first-order chi connectivity index (χ1) is 15.0. The fraction of sp³-hybridized carbons (Fsp3) is 0.160. The molecule has 0 bridgehead atoms. The van der Waals surface area contributed by atoms with Gasteiger partial charge in [0, 0.05) is 11.3 Å². The van der Waals surface area contributed by atoms with Crippen LogP contribution in [0.1, 0.15) is 29.3 Å². The van der Waals surface area contributed by atoms with E-state index in [2.05, 4.69) is 15.8 Å². The van der Waals surface area contributed by atoms with Gasteiger partial charge in [-0.1, -0.05) is 48.5 Å². The zero-order valence-electron chi connectivity index (χ0n) is 17.8. The van der Waals surface area contributed by atoms with E-state index in [9.17, 15) is 9.59 Å². The number of hydrogen-bond donors (Lipinski definition) is 2. The van der Waals surface area contributed by atoms with Crippen molar-refractivity contribution in [3.05, 3.63) is 83.9 Å². The largest absolute Gasteiger partial charge is 0.495 e. The molecule has 31 heavy (non-hydrogen) atoms. The lowest BCUT2D eigenvalue weighted by molar-refractivity contribution is -0.115. The van der Waals surface area contributed by atoms with Gasteiger partial charge in [-0.15, -0.1) is 0 Å². The van der Waals surface area contributed by atoms with Crippen molar-refractivity contribution in [3.63, 3.8) is 0 Å². The summed E-state index contributed by atoms with van der Waals surface area (Å²) in [6, 6.07) is 22.8. The van der Waals surface area contributed by atoms with Gasteiger partial charge in [-0.2, -0.15) is 5.10 Å². The van der Waals surface area contributed by atoms with Crippen molar-refractivity contribution in [2.75, 3.05) is 12.4 Å². The molecule has 3 rings (SSSR count). The van der Waals surface area contributed by atoms with Crippen molar-refractivity contribution >= 4 is 23.2 Å². The second-order valence-electron chi connectivity index (χ2n) is 7.16. The molecule has 158 valence electrons. The van der Waals surface area contributed by atoms with Crippen LogP contribution in [0.2, 0.25) is 0 Å². The quantitative estimate of drug-likeness (QED) is 0.429. The Kier molecular flexibility index (Phi) is 7.17. The molecule has 0 atom stereocenters. The van der Waals surface area contributed by atoms with Crippen LogP contribution in [0.15, 0.2) is 77.9 Å². The normalized spacial score (nSPS) is 11.0. The lowest BCUT2D eigenvalue weighted by Crippen LogP contribution is -2.21. The van der Waals surface area contributed by atoms with E-state index in [1.165, 1.54) is 0 Å². The van der Waals surface area contributed by atoms with E-state index < -0.39 is 0 Å². The summed E-state index contributed by atoms with van der Waals surface area (Å²) < 4.78 is 5.27. The molecule has 0 aliphatic heterocycles. The predicted octanol–water partition coefficient (Wildman–Crippen LogP) is 4.81. The van der Waals surface area contributed by atoms with Crippen LogP contribution in [-0.2, 0) is 4.79 Å². The number of amides is 2. The first-order valence-electron chi connectivity index (χ1n) is 9.90. The number of nitrogens with zero attached hydrogens (tertiary/aromatic N) is 1. The van der Waals surface area contributed by atoms with Gasteiger partial charge in [0.15, 0.2) is 0 Å². The average molecular weight is 415 g/mol. The van der Waals surface area contributed by atoms with Crippen molar-refractivity contribution in [1.29, 1.82) is 0 Å². The topological polar surface area (TPSA) is 79.8 Å². The number of methoxy groups -OCH3 is 1. The number of hydrogen-bond acceptors (Lipinski definition) is 4. The van der Waals surface area contributed by atoms with Gasteiger partial charge in [0.1, 0.15) is 5.75 Å². The van der Waals surface area contributed by atoms with E-state index in [0.29, 0.717) is 22.7 Å². The number of rotatable bonds is 7. The second-order valence-corrected chi connectivity index (χ2v) is 7.16. The van der Waals surface area contributed by atoms with Gasteiger partial charge in [-0.05, 0) is 54.8 Å². The number of carbonyl (C=O) groups is 2. The van der Waals surface area contributed by atoms with Crippen molar-refractivity contribution in [2.45, 2.75) is 20.3 Å². The average Bonchev–Trinajstić information content (AvgIpc) is 2.78. The molecule has 3 aromatic carbocycles. The molecular weight excluding hydrogens is 390 g/mol. The molecule has 0 saturated heterocycles. The number of hydrazone groups is 1. The number of benzene rings is 3. The SMILES string of the molecule is COc1ccc(C)cc1NC(=O)C/C(C)=N\NC(=O)c1ccc(-c2ccccc2)cc1. The monoisotopic (exact) mass is 415 g/mol. The van der Waals surface area contributed by atoms with Crippen molar-refractivity contribution in [1.82, 2.24) is 5.43 Å². The Balaban J connectivity index is 1.57. The third-order valence-corrected chi connectivity index (χ3v) is 4.65. The van der Waals surface area contributed by atoms with Gasteiger partial charge in [-0.25, -0.2) is 5.43 Å². The van der Waals surface area contributed by atoms with Gasteiger partial charge in [0.25, 0.3) is 5.91 Å². The molecule has 0 radical (unpaired) electrons. The van der Waals surface area contributed by atoms with E-state index in [1.54, 1.807) is 32.2 Å². The first-order valence-corrected chi connectivity index (χ1v) is 9.90. The predicted molar refractivity (Wildman–Crippen MR) is 123 cm³/mol. The van der Waals surface area contributed by atoms with Crippen molar-refractivity contribution in [2.24, 2.45) is 5.10 Å². The maximum Gasteiger partial charge on any atom is 0.271 e. The standard InChI is InChI=1S/C25H25N3O3/c1-17-9-14-23(31-3)22(15-17)26-24(29)16-18(2)27-28-25(30)21-12-10-20(11-13-21)19-7-5-4-6-8-19/h4-15H,16H2,1-3H3,(H,26,29)(H,28,30)/b27-18-. The zero-order valence-corrected chi connectivity index (χ0v) is 17.8. The molecule has 0 aliphatic rings. The minimum atomic E-state index is -0.334. The highest BCUT2D eigenvalue weighted by Crippen LogP contribution is 2.25. The highest BCUT2D eigenvalue weighted by Gasteiger charge is 2.10. The van der Waals surface area contributed by atoms with E-state index >= 15 is 0 Å². The summed E-state index contributed by atoms with van der Waals surface area (Å²) in [5, 5.41) is 6.86. The summed E-state index contributed by atoms with van der Waals surface area (Å²) in [5.41, 5.74) is 7.20. The fourth-order valence-corrected chi connectivity index (χ4v) is 3.04. The lowest BCUT2D eigenvalue weighted by Gasteiger charge is -2.11. The van der Waals surface area contributed by atoms with E-state index in [1.807, 2.05) is 61.5 Å². The lowest BCUT2D eigenvalue weighted by atomic mass is 10.0. The van der Waals surface area contributed by atoms with Gasteiger partial charge < -0.3 is 10.1 Å². The Morgan fingerprint density at radius 1 is 0.935 bits per heavy atom. The molecule has 0 fully saturated rings. The summed E-state index contributed by atoms with van der Waals surface area (Å²) in [5.74, 6) is 0.00660. The highest BCUT2D eigenvalue weighted by atomic mass is 16.5. The van der Waals surface area contributed by atoms with Crippen molar-refractivity contribution in [3.8, 4) is 16.9 Å². The summed E-state index contributed by atoms with van der Waals surface area (Å²) in [6.07, 6.45) is 0.0460. The first kappa shape index (κ1) is 21.8. The number of ether oxygens (including phenoxy) is 1. The molecule has 0 spiro atoms. The molecule has 6 heteroatoms. The van der Waals surface area contributed by atoms with Gasteiger partial charge in [0.05, 0.1) is 19.2 Å². The third kappa shape index (κ3) is 6.02. The maximum absolute atomic E-state index is 12.4. The van der Waals surface area contributed by atoms with Crippen LogP contribution in [0, 0.1) is 6.92 Å². The molecule has 2 N–H and O–H groups in total. The molecule has 0 heterocycles. The highest BCUT2D eigenvalue weighted by molar-refractivity contribution is 6.06. The van der Waals surface area contributed by atoms with Crippen molar-refractivity contribution < 1.29 is 14.3 Å². The summed E-state index contributed by atoms with van der Waals surface area (Å²) in [4.78, 5) is 24.7. The van der Waals surface area contributed by atoms with E-state index in [-0.39, 0.29) is 18.2 Å². The maximum atomic E-state index is 12.4. The number of anilines is 1. The minimum Gasteiger partial charge on any atom is -0.495 e. The van der Waals surface area contributed by atoms with Crippen LogP contribution >= 0.6 is 0 Å². The Morgan fingerprint density at radius 3 is 2.29 bits per heavy atom. The smallest absolute Gasteiger partial charge is 0.271 e. The van der Waals surface area contributed by atoms with Crippen LogP contribution in [0.4, 0.5) is 5.69 Å². The van der Waals surface area contributed by atoms with Gasteiger partial charge in [0.2, 0.25) is 5.91 Å². The fourth-order valence-electron chi connectivity index (χ4n) is 3.04. The molecule has 6 nitrogen and oxygen atoms in total. The zero-order chi connectivity index (χ0) is 22.2.